The van der Waals surface area contributed by atoms with Gasteiger partial charge in [-0.3, -0.25) is 14.2 Å². The van der Waals surface area contributed by atoms with E-state index in [0.717, 1.165) is 16.7 Å². The second-order valence-electron chi connectivity index (χ2n) is 8.46. The minimum absolute atomic E-state index is 0.106. The summed E-state index contributed by atoms with van der Waals surface area (Å²) < 4.78 is 17.2. The van der Waals surface area contributed by atoms with Gasteiger partial charge in [-0.1, -0.05) is 36.4 Å². The predicted octanol–water partition coefficient (Wildman–Crippen LogP) is 4.79. The Morgan fingerprint density at radius 3 is 2.56 bits per heavy atom. The van der Waals surface area contributed by atoms with E-state index in [1.54, 1.807) is 10.6 Å². The zero-order chi connectivity index (χ0) is 23.8. The first-order valence-corrected chi connectivity index (χ1v) is 11.0. The van der Waals surface area contributed by atoms with Crippen LogP contribution < -0.4 is 10.9 Å². The summed E-state index contributed by atoms with van der Waals surface area (Å²) in [5, 5.41) is 3.40. The zero-order valence-corrected chi connectivity index (χ0v) is 18.9. The lowest BCUT2D eigenvalue weighted by molar-refractivity contribution is -0.116. The summed E-state index contributed by atoms with van der Waals surface area (Å²) in [4.78, 5) is 31.0. The maximum atomic E-state index is 14.1. The van der Waals surface area contributed by atoms with Gasteiger partial charge in [0.15, 0.2) is 0 Å². The number of hydrogen-bond acceptors (Lipinski definition) is 3. The highest BCUT2D eigenvalue weighted by Crippen LogP contribution is 2.26. The summed E-state index contributed by atoms with van der Waals surface area (Å²) in [5.41, 5.74) is 4.77. The average molecular weight is 455 g/mol. The number of carbonyl (C=O) groups is 1. The Morgan fingerprint density at radius 2 is 1.79 bits per heavy atom. The minimum atomic E-state index is -0.429. The monoisotopic (exact) mass is 454 g/mol. The van der Waals surface area contributed by atoms with Crippen LogP contribution in [0.15, 0.2) is 77.9 Å². The highest BCUT2D eigenvalue weighted by atomic mass is 19.1. The molecular weight excluding hydrogens is 431 g/mol. The number of hydrogen-bond donors (Lipinski definition) is 1. The number of fused-ring (bicyclic) bond motifs is 3. The van der Waals surface area contributed by atoms with Crippen LogP contribution in [0.1, 0.15) is 16.7 Å². The molecule has 6 nitrogen and oxygen atoms in total. The van der Waals surface area contributed by atoms with Crippen molar-refractivity contribution in [3.63, 3.8) is 0 Å². The number of aryl methyl sites for hydroxylation is 2. The topological polar surface area (TPSA) is 68.9 Å². The third kappa shape index (κ3) is 3.96. The molecule has 0 unspecified atom stereocenters. The van der Waals surface area contributed by atoms with E-state index in [0.29, 0.717) is 28.7 Å². The maximum Gasteiger partial charge on any atom is 0.278 e. The molecule has 0 bridgehead atoms. The van der Waals surface area contributed by atoms with Crippen LogP contribution in [0.5, 0.6) is 0 Å². The number of benzene rings is 3. The summed E-state index contributed by atoms with van der Waals surface area (Å²) in [6.07, 6.45) is 1.47. The molecule has 0 saturated carbocycles. The number of halogens is 1. The van der Waals surface area contributed by atoms with E-state index >= 15 is 0 Å². The van der Waals surface area contributed by atoms with Crippen molar-refractivity contribution in [2.45, 2.75) is 26.9 Å². The van der Waals surface area contributed by atoms with Crippen LogP contribution in [0.4, 0.5) is 10.1 Å². The van der Waals surface area contributed by atoms with E-state index in [4.69, 9.17) is 0 Å². The van der Waals surface area contributed by atoms with Crippen molar-refractivity contribution >= 4 is 33.5 Å². The molecule has 2 aromatic heterocycles. The molecule has 1 N–H and O–H groups in total. The van der Waals surface area contributed by atoms with E-state index in [2.05, 4.69) is 10.3 Å². The van der Waals surface area contributed by atoms with Gasteiger partial charge in [0, 0.05) is 11.1 Å². The summed E-state index contributed by atoms with van der Waals surface area (Å²) in [7, 11) is 0. The molecule has 0 spiro atoms. The molecule has 2 heterocycles. The van der Waals surface area contributed by atoms with Crippen molar-refractivity contribution in [3.8, 4) is 0 Å². The van der Waals surface area contributed by atoms with E-state index in [9.17, 15) is 14.0 Å². The first-order valence-electron chi connectivity index (χ1n) is 11.0. The molecule has 0 fully saturated rings. The Hall–Kier alpha value is -4.26. The Balaban J connectivity index is 1.59. The second-order valence-corrected chi connectivity index (χ2v) is 8.46. The van der Waals surface area contributed by atoms with Crippen molar-refractivity contribution in [1.29, 1.82) is 0 Å². The fraction of sp³-hybridized carbons (Fsp3) is 0.148. The van der Waals surface area contributed by atoms with Gasteiger partial charge in [0.2, 0.25) is 5.91 Å². The Morgan fingerprint density at radius 1 is 1.00 bits per heavy atom. The van der Waals surface area contributed by atoms with Crippen molar-refractivity contribution in [2.75, 3.05) is 5.32 Å². The molecule has 0 radical (unpaired) electrons. The standard InChI is InChI=1S/C27H23FN4O2/c1-17-8-10-21(12-18(17)2)30-24(33)15-32-23-11-9-20(28)13-22(23)25-26(32)27(34)31(16-29-25)14-19-6-4-3-5-7-19/h3-13,16H,14-15H2,1-2H3,(H,30,33). The van der Waals surface area contributed by atoms with Crippen molar-refractivity contribution in [1.82, 2.24) is 14.1 Å². The van der Waals surface area contributed by atoms with E-state index in [1.807, 2.05) is 62.4 Å². The molecular formula is C27H23FN4O2. The van der Waals surface area contributed by atoms with Gasteiger partial charge in [-0.2, -0.15) is 0 Å². The number of rotatable bonds is 5. The van der Waals surface area contributed by atoms with E-state index < -0.39 is 5.82 Å². The first kappa shape index (κ1) is 21.6. The fourth-order valence-electron chi connectivity index (χ4n) is 4.19. The number of nitrogens with one attached hydrogen (secondary N) is 1. The lowest BCUT2D eigenvalue weighted by Gasteiger charge is -2.11. The molecule has 170 valence electrons. The van der Waals surface area contributed by atoms with Crippen LogP contribution >= 0.6 is 0 Å². The highest BCUT2D eigenvalue weighted by Gasteiger charge is 2.19. The predicted molar refractivity (Wildman–Crippen MR) is 132 cm³/mol. The highest BCUT2D eigenvalue weighted by molar-refractivity contribution is 6.06. The Kier molecular flexibility index (Phi) is 5.45. The average Bonchev–Trinajstić information content (AvgIpc) is 3.12. The van der Waals surface area contributed by atoms with Crippen LogP contribution in [0.25, 0.3) is 21.9 Å². The van der Waals surface area contributed by atoms with Gasteiger partial charge in [-0.25, -0.2) is 9.37 Å². The lowest BCUT2D eigenvalue weighted by Crippen LogP contribution is -2.25. The molecule has 7 heteroatoms. The Labute approximate surface area is 195 Å². The van der Waals surface area contributed by atoms with Gasteiger partial charge in [-0.05, 0) is 60.9 Å². The van der Waals surface area contributed by atoms with Gasteiger partial charge in [-0.15, -0.1) is 0 Å². The molecule has 5 rings (SSSR count). The van der Waals surface area contributed by atoms with Crippen LogP contribution in [0.2, 0.25) is 0 Å². The van der Waals surface area contributed by atoms with Gasteiger partial charge >= 0.3 is 0 Å². The third-order valence-electron chi connectivity index (χ3n) is 6.08. The lowest BCUT2D eigenvalue weighted by atomic mass is 10.1. The van der Waals surface area contributed by atoms with Crippen LogP contribution in [-0.4, -0.2) is 20.0 Å². The summed E-state index contributed by atoms with van der Waals surface area (Å²) in [6, 6.07) is 19.5. The molecule has 1 amide bonds. The normalized spacial score (nSPS) is 11.3. The molecule has 0 aliphatic heterocycles. The number of carbonyl (C=O) groups excluding carboxylic acids is 1. The number of aromatic nitrogens is 3. The van der Waals surface area contributed by atoms with Gasteiger partial charge < -0.3 is 9.88 Å². The first-order chi connectivity index (χ1) is 16.4. The van der Waals surface area contributed by atoms with Crippen LogP contribution in [0.3, 0.4) is 0 Å². The van der Waals surface area contributed by atoms with Gasteiger partial charge in [0.05, 0.1) is 18.4 Å². The number of nitrogens with zero attached hydrogens (tertiary/aromatic N) is 3. The SMILES string of the molecule is Cc1ccc(NC(=O)Cn2c3ccc(F)cc3c3ncn(Cc4ccccc4)c(=O)c32)cc1C. The summed E-state index contributed by atoms with van der Waals surface area (Å²) in [5.74, 6) is -0.717. The van der Waals surface area contributed by atoms with Gasteiger partial charge in [0.1, 0.15) is 23.4 Å². The van der Waals surface area contributed by atoms with Crippen molar-refractivity contribution < 1.29 is 9.18 Å². The molecule has 5 aromatic rings. The third-order valence-corrected chi connectivity index (χ3v) is 6.08. The second kappa shape index (κ2) is 8.59. The summed E-state index contributed by atoms with van der Waals surface area (Å²) in [6.45, 7) is 4.22. The van der Waals surface area contributed by atoms with Crippen LogP contribution in [0, 0.1) is 19.7 Å². The number of amides is 1. The van der Waals surface area contributed by atoms with E-state index in [1.165, 1.54) is 23.0 Å². The smallest absolute Gasteiger partial charge is 0.278 e. The molecule has 3 aromatic carbocycles. The summed E-state index contributed by atoms with van der Waals surface area (Å²) >= 11 is 0. The van der Waals surface area contributed by atoms with Crippen LogP contribution in [-0.2, 0) is 17.9 Å². The van der Waals surface area contributed by atoms with E-state index in [-0.39, 0.29) is 23.5 Å². The number of anilines is 1. The zero-order valence-electron chi connectivity index (χ0n) is 18.9. The molecule has 0 atom stereocenters. The van der Waals surface area contributed by atoms with Crippen molar-refractivity contribution in [2.24, 2.45) is 0 Å². The largest absolute Gasteiger partial charge is 0.325 e. The quantitative estimate of drug-likeness (QED) is 0.415. The maximum absolute atomic E-state index is 14.1. The molecule has 0 aliphatic rings. The minimum Gasteiger partial charge on any atom is -0.325 e. The Bertz CT molecular complexity index is 1600. The van der Waals surface area contributed by atoms with Gasteiger partial charge in [0.25, 0.3) is 5.56 Å². The fourth-order valence-corrected chi connectivity index (χ4v) is 4.19. The molecule has 34 heavy (non-hydrogen) atoms. The van der Waals surface area contributed by atoms with Crippen molar-refractivity contribution in [3.05, 3.63) is 106 Å². The molecule has 0 saturated heterocycles. The molecule has 0 aliphatic carbocycles.